The van der Waals surface area contributed by atoms with Crippen LogP contribution >= 0.6 is 0 Å². The number of hydrogen-bond acceptors (Lipinski definition) is 4. The summed E-state index contributed by atoms with van der Waals surface area (Å²) in [5.41, 5.74) is -0.0265. The van der Waals surface area contributed by atoms with Gasteiger partial charge >= 0.3 is 23.8 Å². The van der Waals surface area contributed by atoms with E-state index in [0.717, 1.165) is 0 Å². The van der Waals surface area contributed by atoms with Gasteiger partial charge < -0.3 is 20.8 Å². The average Bonchev–Trinajstić information content (AvgIpc) is 2.47. The van der Waals surface area contributed by atoms with Crippen LogP contribution in [0.4, 0.5) is 11.4 Å². The molecule has 0 aliphatic rings. The van der Waals surface area contributed by atoms with Gasteiger partial charge in [-0.25, -0.2) is 9.59 Å². The number of anilines is 2. The topological polar surface area (TPSA) is 133 Å². The van der Waals surface area contributed by atoms with Crippen molar-refractivity contribution in [1.82, 2.24) is 0 Å². The summed E-state index contributed by atoms with van der Waals surface area (Å²) < 4.78 is 0. The molecule has 8 nitrogen and oxygen atoms in total. The summed E-state index contributed by atoms with van der Waals surface area (Å²) in [6, 6.07) is 9.78. The lowest BCUT2D eigenvalue weighted by molar-refractivity contribution is -0.147. The zero-order valence-corrected chi connectivity index (χ0v) is 11.0. The Hall–Kier alpha value is -3.42. The van der Waals surface area contributed by atoms with Gasteiger partial charge in [0.2, 0.25) is 0 Å². The van der Waals surface area contributed by atoms with Crippen LogP contribution in [-0.4, -0.2) is 34.0 Å². The van der Waals surface area contributed by atoms with Crippen LogP contribution in [0.5, 0.6) is 0 Å². The summed E-state index contributed by atoms with van der Waals surface area (Å²) in [5, 5.41) is 22.8. The summed E-state index contributed by atoms with van der Waals surface area (Å²) in [6.45, 7) is 0. The lowest BCUT2D eigenvalue weighted by Gasteiger charge is -2.12. The Bertz CT molecular complexity index is 733. The molecule has 0 aliphatic carbocycles. The fourth-order valence-electron chi connectivity index (χ4n) is 1.80. The number of carboxylic acids is 2. The minimum atomic E-state index is -1.70. The van der Waals surface area contributed by atoms with Crippen molar-refractivity contribution < 1.29 is 29.4 Å². The predicted molar refractivity (Wildman–Crippen MR) is 76.5 cm³/mol. The van der Waals surface area contributed by atoms with Gasteiger partial charge in [0.15, 0.2) is 0 Å². The van der Waals surface area contributed by atoms with Crippen LogP contribution in [0.2, 0.25) is 0 Å². The summed E-state index contributed by atoms with van der Waals surface area (Å²) in [4.78, 5) is 43.8. The van der Waals surface area contributed by atoms with E-state index in [2.05, 4.69) is 10.6 Å². The Morgan fingerprint density at radius 3 is 1.41 bits per heavy atom. The Morgan fingerprint density at radius 1 is 0.727 bits per heavy atom. The molecule has 112 valence electrons. The maximum atomic E-state index is 11.3. The SMILES string of the molecule is O=C(O)C(=O)Nc1cc2ccccc2cc1NC(=O)C(=O)O. The van der Waals surface area contributed by atoms with Gasteiger partial charge in [0.05, 0.1) is 11.4 Å². The standard InChI is InChI=1S/C14H10N2O6/c17-11(13(19)20)15-9-5-7-3-1-2-4-8(7)6-10(9)16-12(18)14(21)22/h1-6H,(H,15,17)(H,16,18)(H,19,20)(H,21,22). The Kier molecular flexibility index (Phi) is 4.03. The lowest BCUT2D eigenvalue weighted by atomic mass is 10.1. The fourth-order valence-corrected chi connectivity index (χ4v) is 1.80. The molecule has 2 aromatic carbocycles. The minimum Gasteiger partial charge on any atom is -0.474 e. The summed E-state index contributed by atoms with van der Waals surface area (Å²) >= 11 is 0. The molecule has 0 saturated carbocycles. The van der Waals surface area contributed by atoms with Gasteiger partial charge in [0.25, 0.3) is 0 Å². The van der Waals surface area contributed by atoms with E-state index in [4.69, 9.17) is 10.2 Å². The van der Waals surface area contributed by atoms with Gasteiger partial charge in [-0.05, 0) is 22.9 Å². The second kappa shape index (κ2) is 5.92. The van der Waals surface area contributed by atoms with Gasteiger partial charge in [0, 0.05) is 0 Å². The van der Waals surface area contributed by atoms with E-state index in [1.54, 1.807) is 24.3 Å². The number of rotatable bonds is 2. The molecule has 0 heterocycles. The smallest absolute Gasteiger partial charge is 0.394 e. The third kappa shape index (κ3) is 3.18. The molecule has 2 aromatic rings. The highest BCUT2D eigenvalue weighted by molar-refractivity contribution is 6.38. The summed E-state index contributed by atoms with van der Waals surface area (Å²) in [7, 11) is 0. The molecule has 0 fully saturated rings. The molecule has 0 aromatic heterocycles. The van der Waals surface area contributed by atoms with Crippen molar-refractivity contribution in [2.45, 2.75) is 0 Å². The van der Waals surface area contributed by atoms with Crippen LogP contribution in [0.3, 0.4) is 0 Å². The van der Waals surface area contributed by atoms with Crippen molar-refractivity contribution >= 4 is 45.9 Å². The first-order chi connectivity index (χ1) is 10.4. The van der Waals surface area contributed by atoms with Crippen LogP contribution < -0.4 is 10.6 Å². The Balaban J connectivity index is 2.49. The minimum absolute atomic E-state index is 0.0132. The van der Waals surface area contributed by atoms with E-state index in [9.17, 15) is 19.2 Å². The van der Waals surface area contributed by atoms with Gasteiger partial charge in [-0.1, -0.05) is 24.3 Å². The highest BCUT2D eigenvalue weighted by Gasteiger charge is 2.18. The summed E-state index contributed by atoms with van der Waals surface area (Å²) in [5.74, 6) is -6.02. The van der Waals surface area contributed by atoms with Crippen molar-refractivity contribution in [3.8, 4) is 0 Å². The van der Waals surface area contributed by atoms with E-state index >= 15 is 0 Å². The first-order valence-electron chi connectivity index (χ1n) is 6.00. The number of carbonyl (C=O) groups excluding carboxylic acids is 2. The normalized spacial score (nSPS) is 10.0. The van der Waals surface area contributed by atoms with Crippen molar-refractivity contribution in [3.05, 3.63) is 36.4 Å². The number of benzene rings is 2. The molecule has 0 bridgehead atoms. The third-order valence-corrected chi connectivity index (χ3v) is 2.77. The van der Waals surface area contributed by atoms with Crippen molar-refractivity contribution in [2.75, 3.05) is 10.6 Å². The first-order valence-corrected chi connectivity index (χ1v) is 6.00. The number of fused-ring (bicyclic) bond motifs is 1. The van der Waals surface area contributed by atoms with Gasteiger partial charge in [0.1, 0.15) is 0 Å². The van der Waals surface area contributed by atoms with Crippen molar-refractivity contribution in [3.63, 3.8) is 0 Å². The Morgan fingerprint density at radius 2 is 1.09 bits per heavy atom. The van der Waals surface area contributed by atoms with Gasteiger partial charge in [-0.2, -0.15) is 0 Å². The molecule has 8 heteroatoms. The maximum absolute atomic E-state index is 11.3. The molecule has 2 rings (SSSR count). The van der Waals surface area contributed by atoms with E-state index in [1.807, 2.05) is 0 Å². The van der Waals surface area contributed by atoms with Gasteiger partial charge in [-0.15, -0.1) is 0 Å². The number of aliphatic carboxylic acids is 2. The second-order valence-electron chi connectivity index (χ2n) is 4.26. The number of carboxylic acid groups (broad SMARTS) is 2. The quantitative estimate of drug-likeness (QED) is 0.609. The molecular formula is C14H10N2O6. The van der Waals surface area contributed by atoms with Crippen molar-refractivity contribution in [1.29, 1.82) is 0 Å². The third-order valence-electron chi connectivity index (χ3n) is 2.77. The van der Waals surface area contributed by atoms with E-state index in [1.165, 1.54) is 12.1 Å². The van der Waals surface area contributed by atoms with E-state index < -0.39 is 23.8 Å². The first kappa shape index (κ1) is 15.0. The van der Waals surface area contributed by atoms with Crippen LogP contribution in [0.1, 0.15) is 0 Å². The van der Waals surface area contributed by atoms with Gasteiger partial charge in [-0.3, -0.25) is 9.59 Å². The van der Waals surface area contributed by atoms with Crippen LogP contribution in [0, 0.1) is 0 Å². The maximum Gasteiger partial charge on any atom is 0.394 e. The van der Waals surface area contributed by atoms with E-state index in [0.29, 0.717) is 10.8 Å². The molecule has 0 aliphatic heterocycles. The number of amides is 2. The molecule has 22 heavy (non-hydrogen) atoms. The Labute approximate surface area is 123 Å². The predicted octanol–water partition coefficient (Wildman–Crippen LogP) is 0.886. The fraction of sp³-hybridized carbons (Fsp3) is 0. The van der Waals surface area contributed by atoms with Crippen molar-refractivity contribution in [2.24, 2.45) is 0 Å². The number of hydrogen-bond donors (Lipinski definition) is 4. The molecule has 2 amide bonds. The highest BCUT2D eigenvalue weighted by atomic mass is 16.4. The average molecular weight is 302 g/mol. The molecule has 0 unspecified atom stereocenters. The highest BCUT2D eigenvalue weighted by Crippen LogP contribution is 2.28. The molecule has 0 spiro atoms. The van der Waals surface area contributed by atoms with Crippen LogP contribution in [0.25, 0.3) is 10.8 Å². The number of carbonyl (C=O) groups is 4. The molecule has 0 atom stereocenters. The number of nitrogens with one attached hydrogen (secondary N) is 2. The lowest BCUT2D eigenvalue weighted by Crippen LogP contribution is -2.25. The zero-order chi connectivity index (χ0) is 16.3. The molecular weight excluding hydrogens is 292 g/mol. The second-order valence-corrected chi connectivity index (χ2v) is 4.26. The summed E-state index contributed by atoms with van der Waals surface area (Å²) in [6.07, 6.45) is 0. The molecule has 0 radical (unpaired) electrons. The largest absolute Gasteiger partial charge is 0.474 e. The van der Waals surface area contributed by atoms with Crippen LogP contribution in [-0.2, 0) is 19.2 Å². The van der Waals surface area contributed by atoms with Crippen LogP contribution in [0.15, 0.2) is 36.4 Å². The monoisotopic (exact) mass is 302 g/mol. The zero-order valence-electron chi connectivity index (χ0n) is 11.0. The molecule has 4 N–H and O–H groups in total. The molecule has 0 saturated heterocycles. The van der Waals surface area contributed by atoms with E-state index in [-0.39, 0.29) is 11.4 Å².